The average molecular weight is 947 g/mol. The number of para-hydroxylation sites is 2. The molecule has 4 atom stereocenters. The molecule has 0 saturated heterocycles. The lowest BCUT2D eigenvalue weighted by Crippen LogP contribution is -2.43. The maximum absolute atomic E-state index is 10.2. The zero-order valence-electron chi connectivity index (χ0n) is 42.3. The fraction of sp³-hybridized carbons (Fsp3) is 0.484. The van der Waals surface area contributed by atoms with Gasteiger partial charge in [0.25, 0.3) is 0 Å². The van der Waals surface area contributed by atoms with Crippen molar-refractivity contribution in [3.63, 3.8) is 0 Å². The van der Waals surface area contributed by atoms with Gasteiger partial charge in [0.05, 0.1) is 0 Å². The number of benzene rings is 4. The highest BCUT2D eigenvalue weighted by molar-refractivity contribution is 6.74. The van der Waals surface area contributed by atoms with Crippen molar-refractivity contribution in [1.29, 1.82) is 0 Å². The van der Waals surface area contributed by atoms with E-state index >= 15 is 0 Å². The van der Waals surface area contributed by atoms with E-state index < -0.39 is 8.32 Å². The Morgan fingerprint density at radius 1 is 0.522 bits per heavy atom. The topological polar surface area (TPSA) is 66.4 Å². The summed E-state index contributed by atoms with van der Waals surface area (Å²) in [6, 6.07) is 36.2. The van der Waals surface area contributed by atoms with E-state index in [9.17, 15) is 5.11 Å². The van der Waals surface area contributed by atoms with Gasteiger partial charge in [0, 0.05) is 23.0 Å². The van der Waals surface area contributed by atoms with E-state index in [1.807, 2.05) is 72.8 Å². The Morgan fingerprint density at radius 3 is 1.48 bits per heavy atom. The molecule has 2 fully saturated rings. The molecule has 6 aliphatic rings. The van der Waals surface area contributed by atoms with Crippen molar-refractivity contribution in [2.24, 2.45) is 23.7 Å². The minimum atomic E-state index is -1.94. The van der Waals surface area contributed by atoms with Crippen LogP contribution in [0.15, 0.2) is 143 Å². The molecular weight excluding hydrogens is 869 g/mol. The van der Waals surface area contributed by atoms with Crippen LogP contribution in [0.5, 0.6) is 23.0 Å². The molecule has 0 aromatic heterocycles. The van der Waals surface area contributed by atoms with Gasteiger partial charge >= 0.3 is 0 Å². The van der Waals surface area contributed by atoms with Crippen molar-refractivity contribution in [3.05, 3.63) is 154 Å². The SMILES string of the molecule is CC(C)(C)[Si](C)(C)Oc1cccc(/C(OCCOc2ccccc2)=C2/C3CCCC2C2=C(CCCC2)C3)c1.Oc1cccc(/C(OCCOc2ccccc2)=C2/C3CCCC2C2=C(CCCC2)C3)c1. The van der Waals surface area contributed by atoms with E-state index in [0.29, 0.717) is 55.8 Å². The van der Waals surface area contributed by atoms with E-state index in [4.69, 9.17) is 23.4 Å². The van der Waals surface area contributed by atoms with Gasteiger partial charge in [0.15, 0.2) is 0 Å². The summed E-state index contributed by atoms with van der Waals surface area (Å²) in [4.78, 5) is 0. The smallest absolute Gasteiger partial charge is 0.250 e. The minimum Gasteiger partial charge on any atom is -0.543 e. The second-order valence-corrected chi connectivity index (χ2v) is 26.7. The summed E-state index contributed by atoms with van der Waals surface area (Å²) in [6.45, 7) is 13.6. The molecule has 6 aliphatic carbocycles. The Labute approximate surface area is 415 Å². The summed E-state index contributed by atoms with van der Waals surface area (Å²) in [7, 11) is -1.94. The molecule has 0 radical (unpaired) electrons. The molecule has 7 heteroatoms. The van der Waals surface area contributed by atoms with Gasteiger partial charge in [-0.15, -0.1) is 0 Å². The molecular formula is C62H78O6Si. The van der Waals surface area contributed by atoms with Gasteiger partial charge in [-0.3, -0.25) is 0 Å². The largest absolute Gasteiger partial charge is 0.543 e. The van der Waals surface area contributed by atoms with Gasteiger partial charge in [0.2, 0.25) is 8.32 Å². The molecule has 10 rings (SSSR count). The molecule has 0 heterocycles. The van der Waals surface area contributed by atoms with Crippen molar-refractivity contribution in [2.75, 3.05) is 26.4 Å². The average Bonchev–Trinajstić information content (AvgIpc) is 3.34. The number of aromatic hydroxyl groups is 1. The molecule has 2 saturated carbocycles. The summed E-state index contributed by atoms with van der Waals surface area (Å²) in [5.74, 6) is 7.33. The Balaban J connectivity index is 0.000000175. The Hall–Kier alpha value is -5.14. The molecule has 0 spiro atoms. The molecule has 69 heavy (non-hydrogen) atoms. The predicted octanol–water partition coefficient (Wildman–Crippen LogP) is 16.5. The van der Waals surface area contributed by atoms with Gasteiger partial charge in [-0.05, 0) is 180 Å². The first-order valence-corrected chi connectivity index (χ1v) is 29.5. The Morgan fingerprint density at radius 2 is 0.986 bits per heavy atom. The van der Waals surface area contributed by atoms with Gasteiger partial charge < -0.3 is 28.5 Å². The van der Waals surface area contributed by atoms with Crippen molar-refractivity contribution in [2.45, 2.75) is 142 Å². The molecule has 4 unspecified atom stereocenters. The van der Waals surface area contributed by atoms with Gasteiger partial charge in [-0.25, -0.2) is 0 Å². The summed E-state index contributed by atoms with van der Waals surface area (Å²) < 4.78 is 31.8. The van der Waals surface area contributed by atoms with Gasteiger partial charge in [-0.2, -0.15) is 0 Å². The van der Waals surface area contributed by atoms with Crippen LogP contribution in [0.25, 0.3) is 11.5 Å². The van der Waals surface area contributed by atoms with Crippen molar-refractivity contribution in [3.8, 4) is 23.0 Å². The molecule has 0 amide bonds. The monoisotopic (exact) mass is 947 g/mol. The fourth-order valence-electron chi connectivity index (χ4n) is 12.2. The minimum absolute atomic E-state index is 0.153. The van der Waals surface area contributed by atoms with Crippen LogP contribution in [0.4, 0.5) is 0 Å². The highest BCUT2D eigenvalue weighted by Gasteiger charge is 2.42. The van der Waals surface area contributed by atoms with Crippen LogP contribution in [-0.4, -0.2) is 39.9 Å². The predicted molar refractivity (Wildman–Crippen MR) is 284 cm³/mol. The number of fused-ring (bicyclic) bond motifs is 6. The molecule has 1 N–H and O–H groups in total. The van der Waals surface area contributed by atoms with Crippen LogP contribution >= 0.6 is 0 Å². The van der Waals surface area contributed by atoms with Crippen LogP contribution in [0.3, 0.4) is 0 Å². The summed E-state index contributed by atoms with van der Waals surface area (Å²) in [5.41, 5.74) is 12.2. The first-order valence-electron chi connectivity index (χ1n) is 26.6. The molecule has 0 aliphatic heterocycles. The number of hydrogen-bond acceptors (Lipinski definition) is 6. The molecule has 4 bridgehead atoms. The third-order valence-electron chi connectivity index (χ3n) is 16.4. The maximum Gasteiger partial charge on any atom is 0.250 e. The number of phenols is 1. The van der Waals surface area contributed by atoms with Crippen LogP contribution in [-0.2, 0) is 9.47 Å². The maximum atomic E-state index is 10.2. The summed E-state index contributed by atoms with van der Waals surface area (Å²) in [5, 5.41) is 10.3. The van der Waals surface area contributed by atoms with Crippen molar-refractivity contribution < 1.29 is 28.5 Å². The van der Waals surface area contributed by atoms with E-state index in [1.165, 1.54) is 108 Å². The Kier molecular flexibility index (Phi) is 15.8. The first kappa shape index (κ1) is 48.9. The van der Waals surface area contributed by atoms with Crippen LogP contribution in [0.1, 0.15) is 135 Å². The second kappa shape index (κ2) is 22.3. The lowest BCUT2D eigenvalue weighted by atomic mass is 9.62. The first-order chi connectivity index (χ1) is 33.5. The molecule has 366 valence electrons. The van der Waals surface area contributed by atoms with Crippen LogP contribution < -0.4 is 13.9 Å². The lowest BCUT2D eigenvalue weighted by molar-refractivity contribution is 0.188. The van der Waals surface area contributed by atoms with Gasteiger partial charge in [0.1, 0.15) is 60.9 Å². The van der Waals surface area contributed by atoms with E-state index in [0.717, 1.165) is 39.9 Å². The van der Waals surface area contributed by atoms with E-state index in [-0.39, 0.29) is 5.04 Å². The molecule has 4 aromatic carbocycles. The van der Waals surface area contributed by atoms with Crippen LogP contribution in [0, 0.1) is 23.7 Å². The highest BCUT2D eigenvalue weighted by atomic mass is 28.4. The standard InChI is InChI=1S/C34H46O3Si.C28H32O3/c1-34(2,3)38(4,5)37-29-18-11-15-27(24-29)33(36-22-21-35-28-16-7-6-8-17-28)32-26-14-12-20-31(32)30-19-10-9-13-25(30)23-26;29-23-11-6-10-22(19-23)28(31-17-16-30-24-12-2-1-3-13-24)27-21-9-7-15-26(27)25-14-5-4-8-20(25)18-21/h6-8,11,15-18,24,26,31H,9-10,12-14,19-23H2,1-5H3;1-3,6,10-13,19,21,26,29H,4-5,7-9,14-18H2/b33-32+;28-27+. The van der Waals surface area contributed by atoms with Crippen LogP contribution in [0.2, 0.25) is 18.1 Å². The number of allylic oxidation sites excluding steroid dienone is 6. The zero-order valence-corrected chi connectivity index (χ0v) is 43.3. The van der Waals surface area contributed by atoms with Crippen molar-refractivity contribution >= 4 is 19.8 Å². The number of rotatable bonds is 14. The summed E-state index contributed by atoms with van der Waals surface area (Å²) >= 11 is 0. The summed E-state index contributed by atoms with van der Waals surface area (Å²) in [6.07, 6.45) is 20.6. The van der Waals surface area contributed by atoms with Gasteiger partial charge in [-0.1, -0.05) is 117 Å². The third-order valence-corrected chi connectivity index (χ3v) is 20.8. The quantitative estimate of drug-likeness (QED) is 0.0588. The lowest BCUT2D eigenvalue weighted by Gasteiger charge is -2.43. The molecule has 4 aromatic rings. The molecule has 6 nitrogen and oxygen atoms in total. The van der Waals surface area contributed by atoms with Crippen molar-refractivity contribution in [1.82, 2.24) is 0 Å². The highest BCUT2D eigenvalue weighted by Crippen LogP contribution is 2.55. The normalized spacial score (nSPS) is 23.6. The Bertz CT molecular complexity index is 2490. The van der Waals surface area contributed by atoms with E-state index in [1.54, 1.807) is 33.9 Å². The third kappa shape index (κ3) is 11.7. The number of hydrogen-bond donors (Lipinski definition) is 1. The number of phenolic OH excluding ortho intramolecular Hbond substituents is 1. The number of ether oxygens (including phenoxy) is 4. The second-order valence-electron chi connectivity index (χ2n) is 22.0. The zero-order chi connectivity index (χ0) is 47.8. The fourth-order valence-corrected chi connectivity index (χ4v) is 13.2. The van der Waals surface area contributed by atoms with E-state index in [2.05, 4.69) is 64.2 Å².